The lowest BCUT2D eigenvalue weighted by atomic mass is 10.0. The summed E-state index contributed by atoms with van der Waals surface area (Å²) < 4.78 is 1.58. The first-order valence-electron chi connectivity index (χ1n) is 5.77. The molecule has 0 radical (unpaired) electrons. The maximum absolute atomic E-state index is 10.3. The van der Waals surface area contributed by atoms with Crippen molar-refractivity contribution >= 4 is 10.8 Å². The van der Waals surface area contributed by atoms with Crippen LogP contribution in [-0.4, -0.2) is 20.1 Å². The summed E-state index contributed by atoms with van der Waals surface area (Å²) in [5.74, 6) is 0. The van der Waals surface area contributed by atoms with Crippen molar-refractivity contribution in [2.75, 3.05) is 0 Å². The van der Waals surface area contributed by atoms with E-state index < -0.39 is 6.10 Å². The third-order valence-electron chi connectivity index (χ3n) is 3.12. The molecule has 1 aromatic heterocycles. The number of aryl methyl sites for hydroxylation is 1. The number of rotatable bonds is 2. The molecule has 0 fully saturated rings. The highest BCUT2D eigenvalue weighted by Crippen LogP contribution is 2.24. The molecule has 0 aliphatic rings. The van der Waals surface area contributed by atoms with Crippen LogP contribution in [0.15, 0.2) is 48.7 Å². The number of aliphatic hydroxyl groups excluding tert-OH is 1. The van der Waals surface area contributed by atoms with Crippen molar-refractivity contribution in [2.45, 2.75) is 6.10 Å². The summed E-state index contributed by atoms with van der Waals surface area (Å²) in [6.07, 6.45) is 0.884. The largest absolute Gasteiger partial charge is 0.382 e. The zero-order valence-corrected chi connectivity index (χ0v) is 9.99. The normalized spacial score (nSPS) is 12.8. The number of aliphatic hydroxyl groups is 1. The van der Waals surface area contributed by atoms with Gasteiger partial charge in [0.15, 0.2) is 0 Å². The molecule has 0 amide bonds. The molecule has 4 nitrogen and oxygen atoms in total. The molecule has 0 bridgehead atoms. The van der Waals surface area contributed by atoms with Gasteiger partial charge in [-0.3, -0.25) is 0 Å². The second-order valence-electron chi connectivity index (χ2n) is 4.29. The standard InChI is InChI=1S/C14H13N3O/c1-17-13(9-15-16-17)14(18)12-7-6-10-4-2-3-5-11(10)8-12/h2-9,14,18H,1H3. The molecule has 4 heteroatoms. The topological polar surface area (TPSA) is 50.9 Å². The molecule has 0 saturated heterocycles. The Labute approximate surface area is 104 Å². The molecule has 3 rings (SSSR count). The third kappa shape index (κ3) is 1.76. The van der Waals surface area contributed by atoms with Gasteiger partial charge >= 0.3 is 0 Å². The molecular formula is C14H13N3O. The first-order chi connectivity index (χ1) is 8.75. The smallest absolute Gasteiger partial charge is 0.122 e. The van der Waals surface area contributed by atoms with Gasteiger partial charge in [0.25, 0.3) is 0 Å². The maximum atomic E-state index is 10.3. The van der Waals surface area contributed by atoms with E-state index in [9.17, 15) is 5.11 Å². The Morgan fingerprint density at radius 1 is 1.11 bits per heavy atom. The molecule has 1 N–H and O–H groups in total. The van der Waals surface area contributed by atoms with Crippen LogP contribution in [0.25, 0.3) is 10.8 Å². The van der Waals surface area contributed by atoms with Gasteiger partial charge in [0.1, 0.15) is 6.10 Å². The highest BCUT2D eigenvalue weighted by molar-refractivity contribution is 5.83. The van der Waals surface area contributed by atoms with E-state index in [1.54, 1.807) is 17.9 Å². The fourth-order valence-electron chi connectivity index (χ4n) is 2.09. The monoisotopic (exact) mass is 239 g/mol. The maximum Gasteiger partial charge on any atom is 0.122 e. The van der Waals surface area contributed by atoms with E-state index in [1.807, 2.05) is 36.4 Å². The molecule has 0 aliphatic heterocycles. The van der Waals surface area contributed by atoms with E-state index in [1.165, 1.54) is 0 Å². The minimum Gasteiger partial charge on any atom is -0.382 e. The highest BCUT2D eigenvalue weighted by atomic mass is 16.3. The summed E-state index contributed by atoms with van der Waals surface area (Å²) in [7, 11) is 1.77. The summed E-state index contributed by atoms with van der Waals surface area (Å²) in [4.78, 5) is 0. The van der Waals surface area contributed by atoms with Gasteiger partial charge in [-0.2, -0.15) is 0 Å². The van der Waals surface area contributed by atoms with Crippen LogP contribution in [0.4, 0.5) is 0 Å². The molecule has 0 aliphatic carbocycles. The summed E-state index contributed by atoms with van der Waals surface area (Å²) >= 11 is 0. The van der Waals surface area contributed by atoms with Crippen LogP contribution in [0.2, 0.25) is 0 Å². The third-order valence-corrected chi connectivity index (χ3v) is 3.12. The van der Waals surface area contributed by atoms with Crippen molar-refractivity contribution in [3.05, 3.63) is 59.9 Å². The van der Waals surface area contributed by atoms with Gasteiger partial charge in [0.05, 0.1) is 11.9 Å². The highest BCUT2D eigenvalue weighted by Gasteiger charge is 2.14. The summed E-state index contributed by atoms with van der Waals surface area (Å²) in [6.45, 7) is 0. The van der Waals surface area contributed by atoms with Crippen molar-refractivity contribution in [2.24, 2.45) is 7.05 Å². The molecule has 0 saturated carbocycles. The Hall–Kier alpha value is -2.20. The van der Waals surface area contributed by atoms with Crippen LogP contribution in [-0.2, 0) is 7.05 Å². The van der Waals surface area contributed by atoms with Gasteiger partial charge in [0, 0.05) is 7.05 Å². The van der Waals surface area contributed by atoms with Crippen molar-refractivity contribution in [1.29, 1.82) is 0 Å². The Balaban J connectivity index is 2.07. The molecule has 1 heterocycles. The van der Waals surface area contributed by atoms with Gasteiger partial charge in [-0.25, -0.2) is 4.68 Å². The number of nitrogens with zero attached hydrogens (tertiary/aromatic N) is 3. The zero-order chi connectivity index (χ0) is 12.5. The second kappa shape index (κ2) is 4.23. The quantitative estimate of drug-likeness (QED) is 0.744. The van der Waals surface area contributed by atoms with Crippen LogP contribution in [0, 0.1) is 0 Å². The van der Waals surface area contributed by atoms with Crippen molar-refractivity contribution in [3.8, 4) is 0 Å². The first kappa shape index (κ1) is 10.9. The Bertz CT molecular complexity index is 690. The van der Waals surface area contributed by atoms with E-state index in [4.69, 9.17) is 0 Å². The SMILES string of the molecule is Cn1nncc1C(O)c1ccc2ccccc2c1. The second-order valence-corrected chi connectivity index (χ2v) is 4.29. The van der Waals surface area contributed by atoms with E-state index >= 15 is 0 Å². The van der Waals surface area contributed by atoms with E-state index in [2.05, 4.69) is 16.4 Å². The lowest BCUT2D eigenvalue weighted by Gasteiger charge is -2.11. The molecule has 18 heavy (non-hydrogen) atoms. The lowest BCUT2D eigenvalue weighted by Crippen LogP contribution is -2.06. The fourth-order valence-corrected chi connectivity index (χ4v) is 2.09. The van der Waals surface area contributed by atoms with Gasteiger partial charge in [-0.1, -0.05) is 41.6 Å². The van der Waals surface area contributed by atoms with Gasteiger partial charge in [-0.05, 0) is 22.4 Å². The minimum atomic E-state index is -0.699. The molecule has 90 valence electrons. The van der Waals surface area contributed by atoms with Crippen molar-refractivity contribution in [3.63, 3.8) is 0 Å². The number of aromatic nitrogens is 3. The average molecular weight is 239 g/mol. The Morgan fingerprint density at radius 3 is 2.61 bits per heavy atom. The van der Waals surface area contributed by atoms with Gasteiger partial charge in [0.2, 0.25) is 0 Å². The van der Waals surface area contributed by atoms with Crippen molar-refractivity contribution < 1.29 is 5.11 Å². The van der Waals surface area contributed by atoms with Crippen LogP contribution < -0.4 is 0 Å². The number of benzene rings is 2. The predicted molar refractivity (Wildman–Crippen MR) is 69.0 cm³/mol. The minimum absolute atomic E-state index is 0.685. The molecule has 2 aromatic carbocycles. The summed E-state index contributed by atoms with van der Waals surface area (Å²) in [5, 5.41) is 20.2. The van der Waals surface area contributed by atoms with Crippen LogP contribution in [0.3, 0.4) is 0 Å². The van der Waals surface area contributed by atoms with E-state index in [0.29, 0.717) is 5.69 Å². The fraction of sp³-hybridized carbons (Fsp3) is 0.143. The Kier molecular flexibility index (Phi) is 2.57. The Morgan fingerprint density at radius 2 is 1.89 bits per heavy atom. The summed E-state index contributed by atoms with van der Waals surface area (Å²) in [6, 6.07) is 14.0. The molecule has 3 aromatic rings. The lowest BCUT2D eigenvalue weighted by molar-refractivity contribution is 0.210. The van der Waals surface area contributed by atoms with Crippen LogP contribution >= 0.6 is 0 Å². The number of fused-ring (bicyclic) bond motifs is 1. The molecule has 1 atom stereocenters. The average Bonchev–Trinajstić information content (AvgIpc) is 2.83. The first-order valence-corrected chi connectivity index (χ1v) is 5.77. The van der Waals surface area contributed by atoms with E-state index in [-0.39, 0.29) is 0 Å². The predicted octanol–water partition coefficient (Wildman–Crippen LogP) is 2.05. The number of hydrogen-bond acceptors (Lipinski definition) is 3. The molecular weight excluding hydrogens is 226 g/mol. The zero-order valence-electron chi connectivity index (χ0n) is 9.99. The summed E-state index contributed by atoms with van der Waals surface area (Å²) in [5.41, 5.74) is 1.53. The van der Waals surface area contributed by atoms with Crippen LogP contribution in [0.1, 0.15) is 17.4 Å². The van der Waals surface area contributed by atoms with Gasteiger partial charge < -0.3 is 5.11 Å². The van der Waals surface area contributed by atoms with Crippen LogP contribution in [0.5, 0.6) is 0 Å². The van der Waals surface area contributed by atoms with E-state index in [0.717, 1.165) is 16.3 Å². The number of hydrogen-bond donors (Lipinski definition) is 1. The molecule has 1 unspecified atom stereocenters. The molecule has 0 spiro atoms. The van der Waals surface area contributed by atoms with Crippen molar-refractivity contribution in [1.82, 2.24) is 15.0 Å². The van der Waals surface area contributed by atoms with Gasteiger partial charge in [-0.15, -0.1) is 5.10 Å².